The fraction of sp³-hybridized carbons (Fsp3) is 0.538. The van der Waals surface area contributed by atoms with Crippen molar-refractivity contribution < 1.29 is 13.5 Å². The van der Waals surface area contributed by atoms with Crippen LogP contribution >= 0.6 is 0 Å². The van der Waals surface area contributed by atoms with Crippen LogP contribution in [0.2, 0.25) is 0 Å². The van der Waals surface area contributed by atoms with E-state index in [1.165, 1.54) is 10.4 Å². The van der Waals surface area contributed by atoms with E-state index in [1.807, 2.05) is 0 Å². The minimum Gasteiger partial charge on any atom is -0.399 e. The molecular weight excluding hydrogens is 264 g/mol. The number of hydrogen-bond donors (Lipinski definition) is 2. The van der Waals surface area contributed by atoms with Crippen molar-refractivity contribution in [3.05, 3.63) is 23.8 Å². The number of hydrogen-bond acceptors (Lipinski definition) is 4. The number of rotatable bonds is 3. The Labute approximate surface area is 114 Å². The molecular formula is C13H20N2O3S. The van der Waals surface area contributed by atoms with Crippen molar-refractivity contribution in [1.82, 2.24) is 4.31 Å². The number of nitrogens with zero attached hydrogens (tertiary/aromatic N) is 1. The number of aliphatic hydroxyl groups is 1. The Hall–Kier alpha value is -1.11. The van der Waals surface area contributed by atoms with Crippen molar-refractivity contribution in [3.8, 4) is 0 Å². The van der Waals surface area contributed by atoms with Gasteiger partial charge in [-0.05, 0) is 43.9 Å². The summed E-state index contributed by atoms with van der Waals surface area (Å²) in [5.41, 5.74) is 6.81. The predicted molar refractivity (Wildman–Crippen MR) is 74.1 cm³/mol. The van der Waals surface area contributed by atoms with E-state index in [-0.39, 0.29) is 10.8 Å². The van der Waals surface area contributed by atoms with Gasteiger partial charge in [-0.3, -0.25) is 0 Å². The SMILES string of the molecule is Cc1ccc(N)cc1S(=O)(=O)N1CCC(C(C)O)C1. The largest absolute Gasteiger partial charge is 0.399 e. The van der Waals surface area contributed by atoms with Crippen LogP contribution < -0.4 is 5.73 Å². The molecule has 0 bridgehead atoms. The van der Waals surface area contributed by atoms with Crippen LogP contribution in [0.5, 0.6) is 0 Å². The van der Waals surface area contributed by atoms with Crippen LogP contribution in [0.4, 0.5) is 5.69 Å². The van der Waals surface area contributed by atoms with Gasteiger partial charge in [0, 0.05) is 18.8 Å². The number of anilines is 1. The highest BCUT2D eigenvalue weighted by molar-refractivity contribution is 7.89. The lowest BCUT2D eigenvalue weighted by molar-refractivity contribution is 0.133. The quantitative estimate of drug-likeness (QED) is 0.810. The number of nitrogen functional groups attached to an aromatic ring is 1. The Kier molecular flexibility index (Phi) is 3.85. The van der Waals surface area contributed by atoms with Gasteiger partial charge in [-0.25, -0.2) is 8.42 Å². The first-order chi connectivity index (χ1) is 8.82. The van der Waals surface area contributed by atoms with Crippen molar-refractivity contribution in [2.24, 2.45) is 5.92 Å². The summed E-state index contributed by atoms with van der Waals surface area (Å²) < 4.78 is 26.6. The molecule has 1 saturated heterocycles. The number of benzene rings is 1. The molecule has 1 fully saturated rings. The summed E-state index contributed by atoms with van der Waals surface area (Å²) in [5, 5.41) is 9.56. The molecule has 1 aromatic carbocycles. The van der Waals surface area contributed by atoms with Gasteiger partial charge in [0.2, 0.25) is 10.0 Å². The van der Waals surface area contributed by atoms with Crippen LogP contribution in [0.1, 0.15) is 18.9 Å². The molecule has 2 rings (SSSR count). The second-order valence-corrected chi connectivity index (χ2v) is 7.08. The second kappa shape index (κ2) is 5.11. The van der Waals surface area contributed by atoms with Crippen molar-refractivity contribution in [1.29, 1.82) is 0 Å². The van der Waals surface area contributed by atoms with Crippen LogP contribution in [0, 0.1) is 12.8 Å². The summed E-state index contributed by atoms with van der Waals surface area (Å²) in [6, 6.07) is 4.90. The zero-order valence-electron chi connectivity index (χ0n) is 11.2. The number of aryl methyl sites for hydroxylation is 1. The molecule has 3 N–H and O–H groups in total. The van der Waals surface area contributed by atoms with Gasteiger partial charge >= 0.3 is 0 Å². The molecule has 2 atom stereocenters. The molecule has 5 nitrogen and oxygen atoms in total. The van der Waals surface area contributed by atoms with E-state index in [0.717, 1.165) is 0 Å². The van der Waals surface area contributed by atoms with Crippen molar-refractivity contribution in [2.75, 3.05) is 18.8 Å². The molecule has 1 aliphatic heterocycles. The lowest BCUT2D eigenvalue weighted by Crippen LogP contribution is -2.31. The first-order valence-electron chi connectivity index (χ1n) is 6.36. The van der Waals surface area contributed by atoms with Crippen LogP contribution in [-0.2, 0) is 10.0 Å². The topological polar surface area (TPSA) is 83.6 Å². The maximum Gasteiger partial charge on any atom is 0.243 e. The smallest absolute Gasteiger partial charge is 0.243 e. The maximum absolute atomic E-state index is 12.6. The molecule has 0 aliphatic carbocycles. The second-order valence-electron chi connectivity index (χ2n) is 5.18. The Morgan fingerprint density at radius 3 is 2.74 bits per heavy atom. The number of sulfonamides is 1. The first-order valence-corrected chi connectivity index (χ1v) is 7.80. The molecule has 0 amide bonds. The minimum absolute atomic E-state index is 0.0103. The minimum atomic E-state index is -3.52. The Morgan fingerprint density at radius 2 is 2.16 bits per heavy atom. The summed E-state index contributed by atoms with van der Waals surface area (Å²) >= 11 is 0. The number of aliphatic hydroxyl groups excluding tert-OH is 1. The molecule has 2 unspecified atom stereocenters. The van der Waals surface area contributed by atoms with Crippen molar-refractivity contribution in [3.63, 3.8) is 0 Å². The van der Waals surface area contributed by atoms with Crippen LogP contribution in [0.25, 0.3) is 0 Å². The van der Waals surface area contributed by atoms with E-state index in [2.05, 4.69) is 0 Å². The normalized spacial score (nSPS) is 22.6. The van der Waals surface area contributed by atoms with Crippen molar-refractivity contribution in [2.45, 2.75) is 31.3 Å². The fourth-order valence-electron chi connectivity index (χ4n) is 2.40. The fourth-order valence-corrected chi connectivity index (χ4v) is 4.17. The van der Waals surface area contributed by atoms with Gasteiger partial charge in [0.05, 0.1) is 11.0 Å². The summed E-state index contributed by atoms with van der Waals surface area (Å²) in [5.74, 6) is 0.0103. The molecule has 0 saturated carbocycles. The molecule has 0 aromatic heterocycles. The standard InChI is InChI=1S/C13H20N2O3S/c1-9-3-4-12(14)7-13(9)19(17,18)15-6-5-11(8-15)10(2)16/h3-4,7,10-11,16H,5-6,8,14H2,1-2H3. The third-order valence-electron chi connectivity index (χ3n) is 3.70. The van der Waals surface area contributed by atoms with Gasteiger partial charge in [-0.15, -0.1) is 0 Å². The van der Waals surface area contributed by atoms with Gasteiger partial charge in [0.25, 0.3) is 0 Å². The Bertz CT molecular complexity index is 569. The van der Waals surface area contributed by atoms with Gasteiger partial charge in [-0.2, -0.15) is 4.31 Å². The molecule has 1 aliphatic rings. The lowest BCUT2D eigenvalue weighted by atomic mass is 10.0. The van der Waals surface area contributed by atoms with E-state index in [4.69, 9.17) is 5.73 Å². The summed E-state index contributed by atoms with van der Waals surface area (Å²) in [4.78, 5) is 0.263. The van der Waals surface area contributed by atoms with Crippen LogP contribution in [0.15, 0.2) is 23.1 Å². The third-order valence-corrected chi connectivity index (χ3v) is 5.71. The summed E-state index contributed by atoms with van der Waals surface area (Å²) in [6.45, 7) is 4.28. The van der Waals surface area contributed by atoms with E-state index >= 15 is 0 Å². The van der Waals surface area contributed by atoms with Crippen LogP contribution in [0.3, 0.4) is 0 Å². The zero-order valence-corrected chi connectivity index (χ0v) is 12.0. The van der Waals surface area contributed by atoms with Crippen molar-refractivity contribution >= 4 is 15.7 Å². The van der Waals surface area contributed by atoms with E-state index in [1.54, 1.807) is 26.0 Å². The van der Waals surface area contributed by atoms with Gasteiger partial charge in [0.15, 0.2) is 0 Å². The van der Waals surface area contributed by atoms with E-state index in [9.17, 15) is 13.5 Å². The highest BCUT2D eigenvalue weighted by atomic mass is 32.2. The molecule has 106 valence electrons. The average molecular weight is 284 g/mol. The van der Waals surface area contributed by atoms with Gasteiger partial charge in [-0.1, -0.05) is 6.07 Å². The highest BCUT2D eigenvalue weighted by Crippen LogP contribution is 2.28. The predicted octanol–water partition coefficient (Wildman–Crippen LogP) is 0.969. The maximum atomic E-state index is 12.6. The summed E-state index contributed by atoms with van der Waals surface area (Å²) in [6.07, 6.45) is 0.209. The lowest BCUT2D eigenvalue weighted by Gasteiger charge is -2.19. The highest BCUT2D eigenvalue weighted by Gasteiger charge is 2.35. The Balaban J connectivity index is 2.31. The van der Waals surface area contributed by atoms with E-state index in [0.29, 0.717) is 30.8 Å². The molecule has 1 aromatic rings. The van der Waals surface area contributed by atoms with Crippen LogP contribution in [-0.4, -0.2) is 37.0 Å². The van der Waals surface area contributed by atoms with Gasteiger partial charge < -0.3 is 10.8 Å². The molecule has 1 heterocycles. The molecule has 19 heavy (non-hydrogen) atoms. The Morgan fingerprint density at radius 1 is 1.47 bits per heavy atom. The third kappa shape index (κ3) is 2.75. The summed E-state index contributed by atoms with van der Waals surface area (Å²) in [7, 11) is -3.52. The molecule has 6 heteroatoms. The first kappa shape index (κ1) is 14.3. The van der Waals surface area contributed by atoms with E-state index < -0.39 is 16.1 Å². The number of nitrogens with two attached hydrogens (primary N) is 1. The van der Waals surface area contributed by atoms with Gasteiger partial charge in [0.1, 0.15) is 0 Å². The average Bonchev–Trinajstić information content (AvgIpc) is 2.82. The monoisotopic (exact) mass is 284 g/mol. The molecule has 0 radical (unpaired) electrons. The zero-order chi connectivity index (χ0) is 14.2. The molecule has 0 spiro atoms.